The van der Waals surface area contributed by atoms with Gasteiger partial charge in [-0.2, -0.15) is 23.3 Å². The number of aromatic nitrogens is 3. The van der Waals surface area contributed by atoms with Gasteiger partial charge in [0.05, 0.1) is 33.2 Å². The molecule has 1 fully saturated rings. The summed E-state index contributed by atoms with van der Waals surface area (Å²) in [5, 5.41) is 7.94. The third-order valence-electron chi connectivity index (χ3n) is 6.21. The maximum absolute atomic E-state index is 13.3. The second-order valence-corrected chi connectivity index (χ2v) is 9.78. The van der Waals surface area contributed by atoms with Gasteiger partial charge < -0.3 is 10.2 Å². The molecule has 2 aromatic carbocycles. The van der Waals surface area contributed by atoms with Crippen molar-refractivity contribution in [2.45, 2.75) is 32.9 Å². The minimum atomic E-state index is -4.54. The van der Waals surface area contributed by atoms with E-state index >= 15 is 0 Å². The number of anilines is 2. The molecule has 3 heterocycles. The monoisotopic (exact) mass is 499 g/mol. The first-order chi connectivity index (χ1) is 16.7. The van der Waals surface area contributed by atoms with Gasteiger partial charge in [-0.15, -0.1) is 0 Å². The van der Waals surface area contributed by atoms with Gasteiger partial charge in [0.25, 0.3) is 0 Å². The van der Waals surface area contributed by atoms with Crippen molar-refractivity contribution in [1.82, 2.24) is 14.8 Å². The third kappa shape index (κ3) is 4.62. The average Bonchev–Trinajstić information content (AvgIpc) is 3.40. The van der Waals surface area contributed by atoms with Crippen molar-refractivity contribution in [3.05, 3.63) is 65.4 Å². The van der Waals surface area contributed by atoms with Crippen molar-refractivity contribution in [2.24, 2.45) is 5.92 Å². The number of para-hydroxylation sites is 1. The van der Waals surface area contributed by atoms with E-state index in [-0.39, 0.29) is 5.69 Å². The fourth-order valence-corrected chi connectivity index (χ4v) is 5.38. The smallest absolute Gasteiger partial charge is 0.347 e. The van der Waals surface area contributed by atoms with E-state index in [1.54, 1.807) is 0 Å². The number of hydrogen-bond donors (Lipinski definition) is 1. The second-order valence-electron chi connectivity index (χ2n) is 8.80. The Balaban J connectivity index is 1.37. The number of halogens is 3. The molecule has 1 aliphatic rings. The van der Waals surface area contributed by atoms with Gasteiger partial charge in [-0.25, -0.2) is 4.68 Å². The van der Waals surface area contributed by atoms with Crippen LogP contribution in [0.4, 0.5) is 24.0 Å². The van der Waals surface area contributed by atoms with E-state index in [2.05, 4.69) is 10.4 Å². The molecule has 1 aliphatic heterocycles. The number of aryl methyl sites for hydroxylation is 2. The van der Waals surface area contributed by atoms with Gasteiger partial charge in [-0.3, -0.25) is 4.79 Å². The molecule has 1 saturated heterocycles. The summed E-state index contributed by atoms with van der Waals surface area (Å²) >= 11 is 1.52. The Morgan fingerprint density at radius 3 is 2.60 bits per heavy atom. The Morgan fingerprint density at radius 2 is 1.86 bits per heavy atom. The van der Waals surface area contributed by atoms with Gasteiger partial charge in [-0.05, 0) is 51.0 Å². The molecule has 0 bridgehead atoms. The number of nitrogens with zero attached hydrogens (tertiary/aromatic N) is 4. The normalized spacial score (nSPS) is 16.6. The SMILES string of the molecule is Cc1ccc(-n2nc(C)c3sc(N4CCC[C@H](C(=O)Nc5ccccc5C(F)(F)F)C4)nc32)cc1. The van der Waals surface area contributed by atoms with E-state index in [1.165, 1.54) is 29.5 Å². The number of rotatable bonds is 4. The van der Waals surface area contributed by atoms with E-state index in [9.17, 15) is 18.0 Å². The first kappa shape index (κ1) is 23.3. The quantitative estimate of drug-likeness (QED) is 0.376. The molecule has 5 rings (SSSR count). The van der Waals surface area contributed by atoms with Gasteiger partial charge in [0, 0.05) is 13.1 Å². The number of amides is 1. The zero-order chi connectivity index (χ0) is 24.7. The van der Waals surface area contributed by atoms with Crippen LogP contribution in [0.3, 0.4) is 0 Å². The summed E-state index contributed by atoms with van der Waals surface area (Å²) in [6, 6.07) is 13.1. The molecule has 0 radical (unpaired) electrons. The van der Waals surface area contributed by atoms with Gasteiger partial charge in [-0.1, -0.05) is 41.2 Å². The van der Waals surface area contributed by atoms with E-state index in [1.807, 2.05) is 47.7 Å². The molecule has 0 unspecified atom stereocenters. The topological polar surface area (TPSA) is 63.1 Å². The molecule has 1 amide bonds. The van der Waals surface area contributed by atoms with Crippen molar-refractivity contribution in [3.63, 3.8) is 0 Å². The summed E-state index contributed by atoms with van der Waals surface area (Å²) < 4.78 is 42.8. The lowest BCUT2D eigenvalue weighted by Gasteiger charge is -2.31. The number of thiazole rings is 1. The van der Waals surface area contributed by atoms with Crippen molar-refractivity contribution >= 4 is 38.4 Å². The number of benzene rings is 2. The van der Waals surface area contributed by atoms with E-state index in [0.717, 1.165) is 51.5 Å². The lowest BCUT2D eigenvalue weighted by atomic mass is 9.97. The van der Waals surface area contributed by atoms with Crippen LogP contribution in [-0.4, -0.2) is 33.8 Å². The highest BCUT2D eigenvalue weighted by Crippen LogP contribution is 2.36. The zero-order valence-electron chi connectivity index (χ0n) is 19.3. The van der Waals surface area contributed by atoms with Gasteiger partial charge in [0.2, 0.25) is 5.91 Å². The summed E-state index contributed by atoms with van der Waals surface area (Å²) in [7, 11) is 0. The van der Waals surface area contributed by atoms with Crippen LogP contribution >= 0.6 is 11.3 Å². The fourth-order valence-electron chi connectivity index (χ4n) is 4.36. The first-order valence-corrected chi connectivity index (χ1v) is 12.2. The van der Waals surface area contributed by atoms with Gasteiger partial charge in [0.15, 0.2) is 10.8 Å². The number of alkyl halides is 3. The molecular weight excluding hydrogens is 475 g/mol. The highest BCUT2D eigenvalue weighted by Gasteiger charge is 2.35. The maximum atomic E-state index is 13.3. The lowest BCUT2D eigenvalue weighted by Crippen LogP contribution is -2.41. The fraction of sp³-hybridized carbons (Fsp3) is 0.320. The zero-order valence-corrected chi connectivity index (χ0v) is 20.1. The van der Waals surface area contributed by atoms with E-state index in [0.29, 0.717) is 13.0 Å². The Kier molecular flexibility index (Phi) is 6.00. The van der Waals surface area contributed by atoms with Crippen LogP contribution in [0.15, 0.2) is 48.5 Å². The molecule has 182 valence electrons. The van der Waals surface area contributed by atoms with Gasteiger partial charge in [0.1, 0.15) is 0 Å². The Bertz CT molecular complexity index is 1380. The van der Waals surface area contributed by atoms with Crippen molar-refractivity contribution in [2.75, 3.05) is 23.3 Å². The van der Waals surface area contributed by atoms with Crippen LogP contribution in [-0.2, 0) is 11.0 Å². The minimum absolute atomic E-state index is 0.212. The molecule has 1 atom stereocenters. The number of fused-ring (bicyclic) bond motifs is 1. The molecular formula is C25H24F3N5OS. The lowest BCUT2D eigenvalue weighted by molar-refractivity contribution is -0.137. The van der Waals surface area contributed by atoms with Crippen molar-refractivity contribution in [3.8, 4) is 5.69 Å². The summed E-state index contributed by atoms with van der Waals surface area (Å²) in [5.41, 5.74) is 2.66. The summed E-state index contributed by atoms with van der Waals surface area (Å²) in [5.74, 6) is -0.846. The summed E-state index contributed by atoms with van der Waals surface area (Å²) in [6.07, 6.45) is -3.18. The predicted octanol–water partition coefficient (Wildman–Crippen LogP) is 5.97. The third-order valence-corrected chi connectivity index (χ3v) is 7.42. The molecule has 0 saturated carbocycles. The first-order valence-electron chi connectivity index (χ1n) is 11.4. The molecule has 0 spiro atoms. The minimum Gasteiger partial charge on any atom is -0.347 e. The number of carbonyl (C=O) groups excluding carboxylic acids is 1. The predicted molar refractivity (Wildman–Crippen MR) is 131 cm³/mol. The molecule has 35 heavy (non-hydrogen) atoms. The molecule has 10 heteroatoms. The molecule has 0 aliphatic carbocycles. The number of carbonyl (C=O) groups is 1. The van der Waals surface area contributed by atoms with E-state index < -0.39 is 23.6 Å². The number of nitrogens with one attached hydrogen (secondary N) is 1. The Labute approximate surface area is 204 Å². The maximum Gasteiger partial charge on any atom is 0.418 e. The van der Waals surface area contributed by atoms with Crippen LogP contribution in [0, 0.1) is 19.8 Å². The largest absolute Gasteiger partial charge is 0.418 e. The number of piperidine rings is 1. The molecule has 6 nitrogen and oxygen atoms in total. The second kappa shape index (κ2) is 8.99. The molecule has 4 aromatic rings. The molecule has 1 N–H and O–H groups in total. The van der Waals surface area contributed by atoms with Crippen LogP contribution in [0.2, 0.25) is 0 Å². The Hall–Kier alpha value is -3.40. The van der Waals surface area contributed by atoms with Crippen LogP contribution < -0.4 is 10.2 Å². The highest BCUT2D eigenvalue weighted by molar-refractivity contribution is 7.22. The summed E-state index contributed by atoms with van der Waals surface area (Å²) in [6.45, 7) is 5.10. The summed E-state index contributed by atoms with van der Waals surface area (Å²) in [4.78, 5) is 19.8. The standard InChI is InChI=1S/C25H24F3N5OS/c1-15-9-11-18(12-10-15)33-22-21(16(2)31-33)35-24(30-22)32-13-5-6-17(14-32)23(34)29-20-8-4-3-7-19(20)25(26,27)28/h3-4,7-12,17H,5-6,13-14H2,1-2H3,(H,29,34)/t17-/m0/s1. The van der Waals surface area contributed by atoms with Crippen molar-refractivity contribution in [1.29, 1.82) is 0 Å². The van der Waals surface area contributed by atoms with Crippen molar-refractivity contribution < 1.29 is 18.0 Å². The van der Waals surface area contributed by atoms with Crippen LogP contribution in [0.1, 0.15) is 29.7 Å². The number of hydrogen-bond acceptors (Lipinski definition) is 5. The molecule has 2 aromatic heterocycles. The average molecular weight is 500 g/mol. The van der Waals surface area contributed by atoms with E-state index in [4.69, 9.17) is 4.98 Å². The van der Waals surface area contributed by atoms with Crippen LogP contribution in [0.5, 0.6) is 0 Å². The highest BCUT2D eigenvalue weighted by atomic mass is 32.1. The van der Waals surface area contributed by atoms with Gasteiger partial charge >= 0.3 is 6.18 Å². The van der Waals surface area contributed by atoms with Crippen LogP contribution in [0.25, 0.3) is 16.0 Å². The Morgan fingerprint density at radius 1 is 1.11 bits per heavy atom.